The molecule has 0 radical (unpaired) electrons. The number of ether oxygens (including phenoxy) is 1. The number of hydrogen-bond acceptors (Lipinski definition) is 3. The van der Waals surface area contributed by atoms with Gasteiger partial charge in [0.1, 0.15) is 5.75 Å². The molecule has 2 bridgehead atoms. The zero-order valence-corrected chi connectivity index (χ0v) is 16.4. The Bertz CT molecular complexity index is 597. The molecule has 0 heterocycles. The number of nitrogens with one attached hydrogen (secondary N) is 1. The summed E-state index contributed by atoms with van der Waals surface area (Å²) in [6, 6.07) is 5.98. The molecule has 0 saturated heterocycles. The Labute approximate surface area is 161 Å². The quantitative estimate of drug-likeness (QED) is 0.825. The van der Waals surface area contributed by atoms with Gasteiger partial charge in [0, 0.05) is 17.1 Å². The van der Waals surface area contributed by atoms with Crippen molar-refractivity contribution < 1.29 is 9.53 Å². The first-order chi connectivity index (χ1) is 11.4. The standard InChI is InChI=1S/C19H27ClN2O2.ClH/c1-11-8-15(20)6-7-17(11)24-12(2)19(23)22-18-13-4-3-5-14(18)10-16(21)9-13;/h6-8,12-14,16,18H,3-5,9-10,21H2,1-2H3,(H,22,23);1H. The van der Waals surface area contributed by atoms with Crippen LogP contribution in [0, 0.1) is 18.8 Å². The molecular weight excluding hydrogens is 359 g/mol. The summed E-state index contributed by atoms with van der Waals surface area (Å²) in [7, 11) is 0. The van der Waals surface area contributed by atoms with E-state index in [2.05, 4.69) is 5.32 Å². The lowest BCUT2D eigenvalue weighted by molar-refractivity contribution is -0.129. The number of aryl methyl sites for hydroxylation is 1. The highest BCUT2D eigenvalue weighted by atomic mass is 35.5. The highest BCUT2D eigenvalue weighted by Gasteiger charge is 2.40. The summed E-state index contributed by atoms with van der Waals surface area (Å²) in [5.41, 5.74) is 7.09. The van der Waals surface area contributed by atoms with Gasteiger partial charge in [0.25, 0.3) is 5.91 Å². The Morgan fingerprint density at radius 2 is 1.96 bits per heavy atom. The van der Waals surface area contributed by atoms with Crippen LogP contribution in [-0.2, 0) is 4.79 Å². The van der Waals surface area contributed by atoms with Crippen LogP contribution in [0.4, 0.5) is 0 Å². The Morgan fingerprint density at radius 3 is 2.56 bits per heavy atom. The number of carbonyl (C=O) groups excluding carboxylic acids is 1. The van der Waals surface area contributed by atoms with E-state index in [-0.39, 0.29) is 24.4 Å². The van der Waals surface area contributed by atoms with Gasteiger partial charge in [-0.25, -0.2) is 0 Å². The van der Waals surface area contributed by atoms with Gasteiger partial charge in [-0.05, 0) is 75.1 Å². The van der Waals surface area contributed by atoms with Crippen LogP contribution in [0.1, 0.15) is 44.6 Å². The van der Waals surface area contributed by atoms with Crippen LogP contribution in [-0.4, -0.2) is 24.1 Å². The molecular formula is C19H28Cl2N2O2. The lowest BCUT2D eigenvalue weighted by atomic mass is 9.67. The minimum atomic E-state index is -0.527. The zero-order valence-electron chi connectivity index (χ0n) is 14.8. The average Bonchev–Trinajstić information content (AvgIpc) is 2.50. The van der Waals surface area contributed by atoms with Crippen molar-refractivity contribution in [2.45, 2.75) is 64.1 Å². The van der Waals surface area contributed by atoms with Crippen LogP contribution >= 0.6 is 24.0 Å². The number of hydrogen-bond donors (Lipinski definition) is 2. The molecule has 3 unspecified atom stereocenters. The second-order valence-electron chi connectivity index (χ2n) is 7.39. The molecule has 2 saturated carbocycles. The molecule has 1 aromatic rings. The maximum Gasteiger partial charge on any atom is 0.261 e. The molecule has 2 aliphatic rings. The van der Waals surface area contributed by atoms with Crippen molar-refractivity contribution in [2.75, 3.05) is 0 Å². The van der Waals surface area contributed by atoms with Gasteiger partial charge in [0.05, 0.1) is 0 Å². The van der Waals surface area contributed by atoms with Gasteiger partial charge in [0.2, 0.25) is 0 Å². The number of fused-ring (bicyclic) bond motifs is 2. The van der Waals surface area contributed by atoms with E-state index >= 15 is 0 Å². The van der Waals surface area contributed by atoms with E-state index in [0.29, 0.717) is 28.6 Å². The van der Waals surface area contributed by atoms with Crippen molar-refractivity contribution in [1.82, 2.24) is 5.32 Å². The van der Waals surface area contributed by atoms with Gasteiger partial charge in [-0.3, -0.25) is 4.79 Å². The molecule has 0 spiro atoms. The van der Waals surface area contributed by atoms with E-state index in [0.717, 1.165) is 18.4 Å². The third-order valence-electron chi connectivity index (χ3n) is 5.50. The molecule has 2 aliphatic carbocycles. The number of benzene rings is 1. The molecule has 0 aromatic heterocycles. The van der Waals surface area contributed by atoms with Crippen LogP contribution < -0.4 is 15.8 Å². The molecule has 3 atom stereocenters. The molecule has 1 amide bonds. The van der Waals surface area contributed by atoms with Gasteiger partial charge in [-0.1, -0.05) is 18.0 Å². The molecule has 3 N–H and O–H groups in total. The first kappa shape index (κ1) is 20.3. The van der Waals surface area contributed by atoms with Crippen LogP contribution in [0.15, 0.2) is 18.2 Å². The minimum Gasteiger partial charge on any atom is -0.481 e. The SMILES string of the molecule is Cc1cc(Cl)ccc1OC(C)C(=O)NC1C2CCCC1CC(N)C2.Cl. The minimum absolute atomic E-state index is 0. The van der Waals surface area contributed by atoms with Crippen molar-refractivity contribution in [3.63, 3.8) is 0 Å². The van der Waals surface area contributed by atoms with Crippen molar-refractivity contribution in [2.24, 2.45) is 17.6 Å². The maximum absolute atomic E-state index is 12.6. The maximum atomic E-state index is 12.6. The van der Waals surface area contributed by atoms with E-state index in [9.17, 15) is 4.79 Å². The smallest absolute Gasteiger partial charge is 0.261 e. The number of rotatable bonds is 4. The van der Waals surface area contributed by atoms with Crippen molar-refractivity contribution >= 4 is 29.9 Å². The van der Waals surface area contributed by atoms with Gasteiger partial charge in [-0.2, -0.15) is 0 Å². The van der Waals surface area contributed by atoms with Crippen molar-refractivity contribution in [1.29, 1.82) is 0 Å². The average molecular weight is 387 g/mol. The summed E-state index contributed by atoms with van der Waals surface area (Å²) < 4.78 is 5.85. The fourth-order valence-electron chi connectivity index (χ4n) is 4.30. The Morgan fingerprint density at radius 1 is 1.32 bits per heavy atom. The van der Waals surface area contributed by atoms with Crippen LogP contribution in [0.25, 0.3) is 0 Å². The summed E-state index contributed by atoms with van der Waals surface area (Å²) in [5.74, 6) is 1.69. The first-order valence-corrected chi connectivity index (χ1v) is 9.30. The fraction of sp³-hybridized carbons (Fsp3) is 0.632. The summed E-state index contributed by atoms with van der Waals surface area (Å²) >= 11 is 5.97. The largest absolute Gasteiger partial charge is 0.481 e. The van der Waals surface area contributed by atoms with Crippen LogP contribution in [0.3, 0.4) is 0 Å². The summed E-state index contributed by atoms with van der Waals surface area (Å²) in [5, 5.41) is 3.92. The molecule has 140 valence electrons. The highest BCUT2D eigenvalue weighted by molar-refractivity contribution is 6.30. The lowest BCUT2D eigenvalue weighted by Crippen LogP contribution is -2.55. The van der Waals surface area contributed by atoms with E-state index in [1.807, 2.05) is 19.1 Å². The molecule has 4 nitrogen and oxygen atoms in total. The predicted octanol–water partition coefficient (Wildman–Crippen LogP) is 3.86. The van der Waals surface area contributed by atoms with Gasteiger partial charge >= 0.3 is 0 Å². The Balaban J connectivity index is 0.00000225. The third kappa shape index (κ3) is 4.81. The summed E-state index contributed by atoms with van der Waals surface area (Å²) in [4.78, 5) is 12.6. The number of nitrogens with two attached hydrogens (primary N) is 1. The topological polar surface area (TPSA) is 64.3 Å². The summed E-state index contributed by atoms with van der Waals surface area (Å²) in [6.07, 6.45) is 5.10. The Hall–Kier alpha value is -0.970. The van der Waals surface area contributed by atoms with Crippen LogP contribution in [0.2, 0.25) is 5.02 Å². The van der Waals surface area contributed by atoms with Crippen molar-refractivity contribution in [3.05, 3.63) is 28.8 Å². The normalized spacial score (nSPS) is 29.3. The second kappa shape index (κ2) is 8.61. The number of carbonyl (C=O) groups is 1. The predicted molar refractivity (Wildman–Crippen MR) is 103 cm³/mol. The van der Waals surface area contributed by atoms with Crippen LogP contribution in [0.5, 0.6) is 5.75 Å². The number of halogens is 2. The molecule has 6 heteroatoms. The lowest BCUT2D eigenvalue weighted by Gasteiger charge is -2.45. The fourth-order valence-corrected chi connectivity index (χ4v) is 4.52. The molecule has 0 aliphatic heterocycles. The number of amides is 1. The van der Waals surface area contributed by atoms with Crippen molar-refractivity contribution in [3.8, 4) is 5.75 Å². The second-order valence-corrected chi connectivity index (χ2v) is 7.82. The monoisotopic (exact) mass is 386 g/mol. The summed E-state index contributed by atoms with van der Waals surface area (Å²) in [6.45, 7) is 3.73. The third-order valence-corrected chi connectivity index (χ3v) is 5.73. The highest BCUT2D eigenvalue weighted by Crippen LogP contribution is 2.39. The molecule has 1 aromatic carbocycles. The zero-order chi connectivity index (χ0) is 17.3. The van der Waals surface area contributed by atoms with Gasteiger partial charge < -0.3 is 15.8 Å². The first-order valence-electron chi connectivity index (χ1n) is 8.93. The van der Waals surface area contributed by atoms with Gasteiger partial charge in [-0.15, -0.1) is 12.4 Å². The molecule has 2 fully saturated rings. The van der Waals surface area contributed by atoms with E-state index in [1.165, 1.54) is 19.3 Å². The molecule has 3 rings (SSSR count). The molecule has 25 heavy (non-hydrogen) atoms. The van der Waals surface area contributed by atoms with Gasteiger partial charge in [0.15, 0.2) is 6.10 Å². The van der Waals surface area contributed by atoms with E-state index in [4.69, 9.17) is 22.1 Å². The van der Waals surface area contributed by atoms with E-state index < -0.39 is 6.10 Å². The Kier molecular flexibility index (Phi) is 7.01. The van der Waals surface area contributed by atoms with E-state index in [1.54, 1.807) is 13.0 Å².